The second-order valence-corrected chi connectivity index (χ2v) is 5.84. The highest BCUT2D eigenvalue weighted by Crippen LogP contribution is 2.25. The van der Waals surface area contributed by atoms with E-state index in [4.69, 9.17) is 27.6 Å². The molecule has 1 amide bonds. The molecule has 23 heavy (non-hydrogen) atoms. The number of para-hydroxylation sites is 1. The molecule has 3 aromatic rings. The highest BCUT2D eigenvalue weighted by molar-refractivity contribution is 6.42. The van der Waals surface area contributed by atoms with Gasteiger partial charge in [0.2, 0.25) is 0 Å². The third kappa shape index (κ3) is 3.09. The van der Waals surface area contributed by atoms with Crippen molar-refractivity contribution < 1.29 is 9.21 Å². The van der Waals surface area contributed by atoms with Crippen molar-refractivity contribution in [2.75, 3.05) is 5.32 Å². The van der Waals surface area contributed by atoms with Gasteiger partial charge in [-0.1, -0.05) is 41.4 Å². The molecule has 116 valence electrons. The van der Waals surface area contributed by atoms with Crippen molar-refractivity contribution in [1.82, 2.24) is 0 Å². The summed E-state index contributed by atoms with van der Waals surface area (Å²) in [6.45, 7) is 1.83. The summed E-state index contributed by atoms with van der Waals surface area (Å²) < 4.78 is 5.26. The van der Waals surface area contributed by atoms with Crippen molar-refractivity contribution in [3.8, 4) is 0 Å². The van der Waals surface area contributed by atoms with Gasteiger partial charge < -0.3 is 9.73 Å². The first-order chi connectivity index (χ1) is 11.0. The Bertz CT molecular complexity index is 979. The van der Waals surface area contributed by atoms with E-state index >= 15 is 0 Å². The monoisotopic (exact) mass is 347 g/mol. The molecule has 3 rings (SSSR count). The minimum Gasteiger partial charge on any atom is -0.422 e. The Morgan fingerprint density at radius 1 is 1.09 bits per heavy atom. The molecule has 0 fully saturated rings. The summed E-state index contributed by atoms with van der Waals surface area (Å²) in [4.78, 5) is 24.4. The fraction of sp³-hybridized carbons (Fsp3) is 0.0588. The lowest BCUT2D eigenvalue weighted by atomic mass is 10.1. The third-order valence-corrected chi connectivity index (χ3v) is 4.12. The highest BCUT2D eigenvalue weighted by Gasteiger charge is 2.15. The molecular formula is C17H11Cl2NO3. The molecule has 2 aromatic carbocycles. The van der Waals surface area contributed by atoms with Gasteiger partial charge in [0.15, 0.2) is 0 Å². The van der Waals surface area contributed by atoms with Crippen LogP contribution in [0.5, 0.6) is 0 Å². The zero-order valence-corrected chi connectivity index (χ0v) is 13.5. The Balaban J connectivity index is 1.99. The molecule has 0 spiro atoms. The standard InChI is InChI=1S/C17H11Cl2NO3/c1-9-3-2-4-10-7-12(17(22)23-15(9)10)16(21)20-11-5-6-13(18)14(19)8-11/h2-8H,1H3,(H,20,21). The number of carbonyl (C=O) groups excluding carboxylic acids is 1. The number of rotatable bonds is 2. The van der Waals surface area contributed by atoms with Crippen LogP contribution in [0.2, 0.25) is 10.0 Å². The van der Waals surface area contributed by atoms with Crippen LogP contribution in [0.1, 0.15) is 15.9 Å². The average Bonchev–Trinajstić information content (AvgIpc) is 2.51. The number of fused-ring (bicyclic) bond motifs is 1. The number of aryl methyl sites for hydroxylation is 1. The summed E-state index contributed by atoms with van der Waals surface area (Å²) in [7, 11) is 0. The van der Waals surface area contributed by atoms with Crippen LogP contribution in [0.3, 0.4) is 0 Å². The van der Waals surface area contributed by atoms with E-state index in [9.17, 15) is 9.59 Å². The van der Waals surface area contributed by atoms with Crippen molar-refractivity contribution in [2.24, 2.45) is 0 Å². The first-order valence-corrected chi connectivity index (χ1v) is 7.51. The Hall–Kier alpha value is -2.30. The van der Waals surface area contributed by atoms with E-state index in [2.05, 4.69) is 5.32 Å². The molecule has 4 nitrogen and oxygen atoms in total. The molecule has 0 bridgehead atoms. The maximum atomic E-state index is 12.3. The molecule has 0 aliphatic heterocycles. The number of carbonyl (C=O) groups is 1. The van der Waals surface area contributed by atoms with Crippen molar-refractivity contribution in [2.45, 2.75) is 6.92 Å². The fourth-order valence-corrected chi connectivity index (χ4v) is 2.52. The van der Waals surface area contributed by atoms with E-state index in [-0.39, 0.29) is 5.56 Å². The number of benzene rings is 2. The Morgan fingerprint density at radius 3 is 2.61 bits per heavy atom. The zero-order valence-electron chi connectivity index (χ0n) is 12.0. The summed E-state index contributed by atoms with van der Waals surface area (Å²) in [5.74, 6) is -0.569. The van der Waals surface area contributed by atoms with Gasteiger partial charge in [-0.3, -0.25) is 4.79 Å². The smallest absolute Gasteiger partial charge is 0.349 e. The summed E-state index contributed by atoms with van der Waals surface area (Å²) >= 11 is 11.7. The summed E-state index contributed by atoms with van der Waals surface area (Å²) in [6, 6.07) is 11.6. The lowest BCUT2D eigenvalue weighted by molar-refractivity contribution is 0.102. The van der Waals surface area contributed by atoms with Gasteiger partial charge in [0.05, 0.1) is 10.0 Å². The number of hydrogen-bond acceptors (Lipinski definition) is 3. The van der Waals surface area contributed by atoms with Crippen LogP contribution < -0.4 is 10.9 Å². The Kier molecular flexibility index (Phi) is 4.11. The Morgan fingerprint density at radius 2 is 1.87 bits per heavy atom. The quantitative estimate of drug-likeness (QED) is 0.685. The second kappa shape index (κ2) is 6.07. The van der Waals surface area contributed by atoms with Crippen LogP contribution >= 0.6 is 23.2 Å². The molecule has 0 saturated carbocycles. The number of halogens is 2. The predicted molar refractivity (Wildman–Crippen MR) is 91.6 cm³/mol. The largest absolute Gasteiger partial charge is 0.422 e. The first kappa shape index (κ1) is 15.6. The summed E-state index contributed by atoms with van der Waals surface area (Å²) in [5, 5.41) is 3.98. The van der Waals surface area contributed by atoms with E-state index in [0.717, 1.165) is 5.56 Å². The fourth-order valence-electron chi connectivity index (χ4n) is 2.22. The molecule has 1 heterocycles. The van der Waals surface area contributed by atoms with Crippen molar-refractivity contribution in [1.29, 1.82) is 0 Å². The second-order valence-electron chi connectivity index (χ2n) is 5.02. The maximum absolute atomic E-state index is 12.3. The molecule has 0 saturated heterocycles. The number of amides is 1. The van der Waals surface area contributed by atoms with Crippen LogP contribution in [-0.4, -0.2) is 5.91 Å². The molecule has 0 unspecified atom stereocenters. The third-order valence-electron chi connectivity index (χ3n) is 3.38. The lowest BCUT2D eigenvalue weighted by Crippen LogP contribution is -2.20. The zero-order chi connectivity index (χ0) is 16.6. The summed E-state index contributed by atoms with van der Waals surface area (Å²) in [5.41, 5.74) is 0.978. The van der Waals surface area contributed by atoms with Crippen LogP contribution in [0, 0.1) is 6.92 Å². The van der Waals surface area contributed by atoms with Crippen LogP contribution in [0.4, 0.5) is 5.69 Å². The maximum Gasteiger partial charge on any atom is 0.349 e. The van der Waals surface area contributed by atoms with Gasteiger partial charge in [0, 0.05) is 11.1 Å². The molecule has 0 aliphatic carbocycles. The minimum atomic E-state index is -0.690. The van der Waals surface area contributed by atoms with Gasteiger partial charge >= 0.3 is 5.63 Å². The molecule has 0 atom stereocenters. The average molecular weight is 348 g/mol. The minimum absolute atomic E-state index is 0.0748. The van der Waals surface area contributed by atoms with Crippen molar-refractivity contribution >= 4 is 45.8 Å². The number of anilines is 1. The van der Waals surface area contributed by atoms with Gasteiger partial charge in [-0.05, 0) is 36.8 Å². The van der Waals surface area contributed by atoms with Crippen LogP contribution in [0.25, 0.3) is 11.0 Å². The van der Waals surface area contributed by atoms with E-state index in [1.807, 2.05) is 19.1 Å². The van der Waals surface area contributed by atoms with Crippen molar-refractivity contribution in [3.05, 3.63) is 74.1 Å². The summed E-state index contributed by atoms with van der Waals surface area (Å²) in [6.07, 6.45) is 0. The highest BCUT2D eigenvalue weighted by atomic mass is 35.5. The van der Waals surface area contributed by atoms with Gasteiger partial charge in [-0.15, -0.1) is 0 Å². The van der Waals surface area contributed by atoms with E-state index in [0.29, 0.717) is 26.7 Å². The van der Waals surface area contributed by atoms with Gasteiger partial charge in [0.1, 0.15) is 11.1 Å². The van der Waals surface area contributed by atoms with Gasteiger partial charge in [-0.25, -0.2) is 4.79 Å². The van der Waals surface area contributed by atoms with E-state index in [1.54, 1.807) is 18.2 Å². The molecular weight excluding hydrogens is 337 g/mol. The number of nitrogens with one attached hydrogen (secondary N) is 1. The number of hydrogen-bond donors (Lipinski definition) is 1. The van der Waals surface area contributed by atoms with E-state index < -0.39 is 11.5 Å². The van der Waals surface area contributed by atoms with Crippen LogP contribution in [-0.2, 0) is 0 Å². The van der Waals surface area contributed by atoms with E-state index in [1.165, 1.54) is 12.1 Å². The molecule has 1 aromatic heterocycles. The Labute approximate surface area is 141 Å². The topological polar surface area (TPSA) is 59.3 Å². The molecule has 6 heteroatoms. The molecule has 1 N–H and O–H groups in total. The molecule has 0 aliphatic rings. The molecule has 0 radical (unpaired) electrons. The van der Waals surface area contributed by atoms with Gasteiger partial charge in [-0.2, -0.15) is 0 Å². The normalized spacial score (nSPS) is 10.7. The van der Waals surface area contributed by atoms with Crippen molar-refractivity contribution in [3.63, 3.8) is 0 Å². The SMILES string of the molecule is Cc1cccc2cc(C(=O)Nc3ccc(Cl)c(Cl)c3)c(=O)oc12. The lowest BCUT2D eigenvalue weighted by Gasteiger charge is -2.07. The van der Waals surface area contributed by atoms with Crippen LogP contribution in [0.15, 0.2) is 51.7 Å². The predicted octanol–water partition coefficient (Wildman–Crippen LogP) is 4.66. The van der Waals surface area contributed by atoms with Gasteiger partial charge in [0.25, 0.3) is 5.91 Å². The first-order valence-electron chi connectivity index (χ1n) is 6.75.